The normalized spacial score (nSPS) is 24.8. The fraction of sp³-hybridized carbons (Fsp3) is 0.481. The molecule has 2 fully saturated rings. The number of hydrogen-bond acceptors (Lipinski definition) is 7. The lowest BCUT2D eigenvalue weighted by molar-refractivity contribution is -0.122. The van der Waals surface area contributed by atoms with Crippen LogP contribution >= 0.6 is 0 Å². The van der Waals surface area contributed by atoms with Crippen molar-refractivity contribution in [2.45, 2.75) is 37.3 Å². The predicted molar refractivity (Wildman–Crippen MR) is 137 cm³/mol. The van der Waals surface area contributed by atoms with Gasteiger partial charge in [0, 0.05) is 43.1 Å². The van der Waals surface area contributed by atoms with Gasteiger partial charge in [0.1, 0.15) is 5.41 Å². The number of hydrogen-bond donors (Lipinski definition) is 2. The molecule has 2 N–H and O–H groups in total. The molecule has 3 aliphatic heterocycles. The summed E-state index contributed by atoms with van der Waals surface area (Å²) in [4.78, 5) is 37.3. The first-order valence-electron chi connectivity index (χ1n) is 12.8. The number of rotatable bonds is 5. The second-order valence-electron chi connectivity index (χ2n) is 9.94. The van der Waals surface area contributed by atoms with Crippen LogP contribution in [-0.4, -0.2) is 95.3 Å². The van der Waals surface area contributed by atoms with E-state index in [9.17, 15) is 20.0 Å². The molecule has 37 heavy (non-hydrogen) atoms. The van der Waals surface area contributed by atoms with Crippen molar-refractivity contribution in [3.8, 4) is 11.9 Å². The Bertz CT molecular complexity index is 1240. The molecule has 0 radical (unpaired) electrons. The first-order valence-corrected chi connectivity index (χ1v) is 12.8. The number of amides is 2. The molecule has 194 valence electrons. The van der Waals surface area contributed by atoms with Gasteiger partial charge in [0.2, 0.25) is 11.8 Å². The molecule has 0 bridgehead atoms. The van der Waals surface area contributed by atoms with E-state index < -0.39 is 17.6 Å². The zero-order valence-electron chi connectivity index (χ0n) is 21.2. The van der Waals surface area contributed by atoms with Gasteiger partial charge in [0.25, 0.3) is 0 Å². The lowest BCUT2D eigenvalue weighted by atomic mass is 9.68. The van der Waals surface area contributed by atoms with Gasteiger partial charge in [-0.05, 0) is 69.7 Å². The van der Waals surface area contributed by atoms with Crippen molar-refractivity contribution < 1.29 is 19.4 Å². The molecule has 5 rings (SSSR count). The Morgan fingerprint density at radius 1 is 1.24 bits per heavy atom. The number of piperidine rings is 1. The highest BCUT2D eigenvalue weighted by molar-refractivity contribution is 6.10. The number of carbonyl (C=O) groups is 2. The Hall–Kier alpha value is -3.68. The number of likely N-dealkylation sites (tertiary alicyclic amines) is 1. The highest BCUT2D eigenvalue weighted by atomic mass is 16.5. The molecule has 0 saturated carbocycles. The number of ether oxygens (including phenoxy) is 1. The largest absolute Gasteiger partial charge is 0.478 e. The van der Waals surface area contributed by atoms with Crippen LogP contribution in [0.5, 0.6) is 5.88 Å². The summed E-state index contributed by atoms with van der Waals surface area (Å²) < 4.78 is 5.89. The lowest BCUT2D eigenvalue weighted by Crippen LogP contribution is -2.66. The fourth-order valence-corrected chi connectivity index (χ4v) is 6.21. The van der Waals surface area contributed by atoms with Crippen LogP contribution in [0.15, 0.2) is 36.5 Å². The third-order valence-electron chi connectivity index (χ3n) is 8.02. The van der Waals surface area contributed by atoms with Crippen molar-refractivity contribution in [1.82, 2.24) is 19.7 Å². The van der Waals surface area contributed by atoms with Crippen LogP contribution in [-0.2, 0) is 10.2 Å². The Kier molecular flexibility index (Phi) is 6.75. The zero-order valence-corrected chi connectivity index (χ0v) is 21.2. The first kappa shape index (κ1) is 25.0. The molecular formula is C27H32N6O4. The monoisotopic (exact) mass is 504 g/mol. The number of carbonyl (C=O) groups excluding carboxylic acids is 1. The van der Waals surface area contributed by atoms with Gasteiger partial charge in [-0.2, -0.15) is 5.26 Å². The topological polar surface area (TPSA) is 122 Å². The number of nitrogens with zero attached hydrogens (tertiary/aromatic N) is 5. The number of carboxylic acid groups (broad SMARTS) is 1. The van der Waals surface area contributed by atoms with Gasteiger partial charge in [-0.15, -0.1) is 0 Å². The molecule has 0 aliphatic carbocycles. The molecular weight excluding hydrogens is 472 g/mol. The van der Waals surface area contributed by atoms with Crippen molar-refractivity contribution in [2.24, 2.45) is 0 Å². The van der Waals surface area contributed by atoms with E-state index in [1.807, 2.05) is 6.92 Å². The molecule has 2 amide bonds. The zero-order chi connectivity index (χ0) is 26.2. The molecule has 0 spiro atoms. The summed E-state index contributed by atoms with van der Waals surface area (Å²) >= 11 is 0. The third kappa shape index (κ3) is 4.18. The minimum Gasteiger partial charge on any atom is -0.478 e. The van der Waals surface area contributed by atoms with Gasteiger partial charge in [0.05, 0.1) is 24.3 Å². The van der Waals surface area contributed by atoms with Crippen LogP contribution in [0, 0.1) is 11.3 Å². The van der Waals surface area contributed by atoms with Crippen LogP contribution in [0.3, 0.4) is 0 Å². The summed E-state index contributed by atoms with van der Waals surface area (Å²) in [6, 6.07) is 10.3. The number of fused-ring (bicyclic) bond motifs is 1. The van der Waals surface area contributed by atoms with E-state index in [2.05, 4.69) is 33.2 Å². The molecule has 1 aromatic heterocycles. The Morgan fingerprint density at radius 2 is 2.03 bits per heavy atom. The number of aromatic nitrogens is 1. The van der Waals surface area contributed by atoms with E-state index >= 15 is 0 Å². The van der Waals surface area contributed by atoms with Crippen LogP contribution in [0.1, 0.15) is 36.5 Å². The number of piperazine rings is 1. The summed E-state index contributed by atoms with van der Waals surface area (Å²) in [6.45, 7) is 5.39. The first-order chi connectivity index (χ1) is 17.9. The van der Waals surface area contributed by atoms with Crippen LogP contribution in [0.2, 0.25) is 0 Å². The molecule has 10 heteroatoms. The van der Waals surface area contributed by atoms with E-state index in [1.54, 1.807) is 36.5 Å². The molecule has 3 aliphatic rings. The SMILES string of the molecule is CCOc1ncccc1C1(C2CN(C3CCN(C)CC3)CCN2C(=O)O)C(=O)Nc2ccc(C#N)cc21. The Labute approximate surface area is 216 Å². The van der Waals surface area contributed by atoms with E-state index in [1.165, 1.54) is 4.90 Å². The van der Waals surface area contributed by atoms with Gasteiger partial charge in [-0.25, -0.2) is 9.78 Å². The average Bonchev–Trinajstić information content (AvgIpc) is 3.20. The molecule has 2 atom stereocenters. The van der Waals surface area contributed by atoms with Gasteiger partial charge < -0.3 is 25.0 Å². The van der Waals surface area contributed by atoms with Crippen molar-refractivity contribution >= 4 is 17.7 Å². The Morgan fingerprint density at radius 3 is 2.73 bits per heavy atom. The van der Waals surface area contributed by atoms with Crippen molar-refractivity contribution in [3.05, 3.63) is 53.2 Å². The maximum Gasteiger partial charge on any atom is 0.407 e. The summed E-state index contributed by atoms with van der Waals surface area (Å²) in [5.74, 6) is -0.0508. The predicted octanol–water partition coefficient (Wildman–Crippen LogP) is 2.35. The summed E-state index contributed by atoms with van der Waals surface area (Å²) in [6.07, 6.45) is 2.50. The van der Waals surface area contributed by atoms with E-state index in [0.29, 0.717) is 48.1 Å². The third-order valence-corrected chi connectivity index (χ3v) is 8.02. The van der Waals surface area contributed by atoms with Crippen molar-refractivity contribution in [1.29, 1.82) is 5.26 Å². The molecule has 2 saturated heterocycles. The molecule has 4 heterocycles. The van der Waals surface area contributed by atoms with E-state index in [4.69, 9.17) is 4.74 Å². The molecule has 1 aromatic carbocycles. The number of benzene rings is 1. The second-order valence-corrected chi connectivity index (χ2v) is 9.94. The van der Waals surface area contributed by atoms with Crippen LogP contribution in [0.25, 0.3) is 0 Å². The minimum absolute atomic E-state index is 0.277. The van der Waals surface area contributed by atoms with Crippen molar-refractivity contribution in [3.63, 3.8) is 0 Å². The van der Waals surface area contributed by atoms with Crippen LogP contribution in [0.4, 0.5) is 10.5 Å². The second kappa shape index (κ2) is 10.00. The van der Waals surface area contributed by atoms with Gasteiger partial charge in [-0.1, -0.05) is 6.07 Å². The molecule has 2 aromatic rings. The standard InChI is InChI=1S/C27H32N6O4/c1-3-37-24-20(5-4-10-29-24)27(21-15-18(16-28)6-7-22(21)30-25(27)34)23-17-32(13-14-33(23)26(35)36)19-8-11-31(2)12-9-19/h4-7,10,15,19,23H,3,8-9,11-14,17H2,1-2H3,(H,30,34)(H,35,36). The highest BCUT2D eigenvalue weighted by Gasteiger charge is 2.59. The minimum atomic E-state index is -1.44. The number of nitriles is 1. The average molecular weight is 505 g/mol. The quantitative estimate of drug-likeness (QED) is 0.636. The molecule has 2 unspecified atom stereocenters. The summed E-state index contributed by atoms with van der Waals surface area (Å²) in [5, 5.41) is 23.0. The number of nitrogens with one attached hydrogen (secondary N) is 1. The van der Waals surface area contributed by atoms with Gasteiger partial charge >= 0.3 is 6.09 Å². The maximum atomic E-state index is 14.2. The van der Waals surface area contributed by atoms with Gasteiger partial charge in [0.15, 0.2) is 0 Å². The Balaban J connectivity index is 1.71. The number of anilines is 1. The van der Waals surface area contributed by atoms with Crippen LogP contribution < -0.4 is 10.1 Å². The van der Waals surface area contributed by atoms with E-state index in [0.717, 1.165) is 25.9 Å². The molecule has 10 nitrogen and oxygen atoms in total. The van der Waals surface area contributed by atoms with E-state index in [-0.39, 0.29) is 18.3 Å². The van der Waals surface area contributed by atoms with Gasteiger partial charge in [-0.3, -0.25) is 9.69 Å². The maximum absolute atomic E-state index is 14.2. The summed E-state index contributed by atoms with van der Waals surface area (Å²) in [5.41, 5.74) is 0.601. The lowest BCUT2D eigenvalue weighted by Gasteiger charge is -2.50. The fourth-order valence-electron chi connectivity index (χ4n) is 6.21. The van der Waals surface area contributed by atoms with Crippen molar-refractivity contribution in [2.75, 3.05) is 51.7 Å². The summed E-state index contributed by atoms with van der Waals surface area (Å²) in [7, 11) is 2.11. The highest BCUT2D eigenvalue weighted by Crippen LogP contribution is 2.50. The number of pyridine rings is 1. The smallest absolute Gasteiger partial charge is 0.407 e.